The third kappa shape index (κ3) is 3.43. The van der Waals surface area contributed by atoms with E-state index in [1.807, 2.05) is 6.92 Å². The second-order valence-corrected chi connectivity index (χ2v) is 2.88. The lowest BCUT2D eigenvalue weighted by Gasteiger charge is -2.07. The molecule has 1 aromatic rings. The Kier molecular flexibility index (Phi) is 4.42. The molecule has 2 nitrogen and oxygen atoms in total. The molecule has 0 saturated carbocycles. The molecule has 0 bridgehead atoms. The first-order valence-corrected chi connectivity index (χ1v) is 4.61. The largest absolute Gasteiger partial charge is 0.383 e. The molecule has 1 aromatic carbocycles. The summed E-state index contributed by atoms with van der Waals surface area (Å²) in [5.74, 6) is -3.85. The highest BCUT2D eigenvalue weighted by atomic mass is 19.2. The fourth-order valence-corrected chi connectivity index (χ4v) is 1.07. The van der Waals surface area contributed by atoms with E-state index in [4.69, 9.17) is 4.74 Å². The number of hydrogen-bond donors (Lipinski definition) is 1. The molecule has 1 rings (SSSR count). The normalized spacial score (nSPS) is 10.4. The van der Waals surface area contributed by atoms with Crippen molar-refractivity contribution in [1.82, 2.24) is 0 Å². The summed E-state index contributed by atoms with van der Waals surface area (Å²) in [5, 5.41) is 2.72. The Hall–Kier alpha value is -1.23. The van der Waals surface area contributed by atoms with Gasteiger partial charge in [0.05, 0.1) is 6.61 Å². The summed E-state index contributed by atoms with van der Waals surface area (Å²) in [6.07, 6.45) is 0. The van der Waals surface area contributed by atoms with Crippen LogP contribution in [0.25, 0.3) is 0 Å². The maximum absolute atomic E-state index is 12.7. The fourth-order valence-electron chi connectivity index (χ4n) is 1.07. The molecule has 0 unspecified atom stereocenters. The van der Waals surface area contributed by atoms with E-state index in [2.05, 4.69) is 5.32 Å². The molecule has 0 heterocycles. The summed E-state index contributed by atoms with van der Waals surface area (Å²) in [6.45, 7) is 3.26. The smallest absolute Gasteiger partial charge is 0.194 e. The van der Waals surface area contributed by atoms with Crippen molar-refractivity contribution >= 4 is 5.69 Å². The Morgan fingerprint density at radius 3 is 2.33 bits per heavy atom. The number of rotatable bonds is 5. The standard InChI is InChI=1S/C10H12F3NO/c1-2-15-4-3-14-7-5-8(11)10(13)9(12)6-7/h5-6,14H,2-4H2,1H3. The predicted octanol–water partition coefficient (Wildman–Crippen LogP) is 2.55. The molecule has 0 aliphatic heterocycles. The first-order valence-electron chi connectivity index (χ1n) is 4.61. The van der Waals surface area contributed by atoms with Gasteiger partial charge in [0, 0.05) is 31.0 Å². The summed E-state index contributed by atoms with van der Waals surface area (Å²) in [6, 6.07) is 1.81. The first-order chi connectivity index (χ1) is 7.15. The van der Waals surface area contributed by atoms with Crippen LogP contribution in [0.4, 0.5) is 18.9 Å². The molecular formula is C10H12F3NO. The minimum Gasteiger partial charge on any atom is -0.383 e. The molecule has 0 aliphatic rings. The highest BCUT2D eigenvalue weighted by Crippen LogP contribution is 2.16. The van der Waals surface area contributed by atoms with Crippen molar-refractivity contribution in [1.29, 1.82) is 0 Å². The third-order valence-electron chi connectivity index (χ3n) is 1.76. The lowest BCUT2D eigenvalue weighted by Crippen LogP contribution is -2.09. The van der Waals surface area contributed by atoms with Crippen LogP contribution >= 0.6 is 0 Å². The van der Waals surface area contributed by atoms with Gasteiger partial charge in [-0.1, -0.05) is 0 Å². The van der Waals surface area contributed by atoms with Gasteiger partial charge >= 0.3 is 0 Å². The van der Waals surface area contributed by atoms with Crippen LogP contribution in [0.3, 0.4) is 0 Å². The van der Waals surface area contributed by atoms with Crippen molar-refractivity contribution < 1.29 is 17.9 Å². The van der Waals surface area contributed by atoms with Gasteiger partial charge in [0.1, 0.15) is 0 Å². The van der Waals surface area contributed by atoms with Crippen LogP contribution in [0.2, 0.25) is 0 Å². The van der Waals surface area contributed by atoms with E-state index >= 15 is 0 Å². The predicted molar refractivity (Wildman–Crippen MR) is 51.3 cm³/mol. The average Bonchev–Trinajstić information content (AvgIpc) is 2.21. The second-order valence-electron chi connectivity index (χ2n) is 2.88. The van der Waals surface area contributed by atoms with E-state index < -0.39 is 17.5 Å². The minimum atomic E-state index is -1.45. The molecule has 0 aromatic heterocycles. The number of hydrogen-bond acceptors (Lipinski definition) is 2. The summed E-state index contributed by atoms with van der Waals surface area (Å²) >= 11 is 0. The van der Waals surface area contributed by atoms with Crippen LogP contribution in [0.15, 0.2) is 12.1 Å². The fraction of sp³-hybridized carbons (Fsp3) is 0.400. The van der Waals surface area contributed by atoms with E-state index in [1.54, 1.807) is 0 Å². The van der Waals surface area contributed by atoms with Gasteiger partial charge in [-0.05, 0) is 6.92 Å². The Morgan fingerprint density at radius 2 is 1.80 bits per heavy atom. The van der Waals surface area contributed by atoms with Gasteiger partial charge < -0.3 is 10.1 Å². The van der Waals surface area contributed by atoms with E-state index in [9.17, 15) is 13.2 Å². The number of nitrogens with one attached hydrogen (secondary N) is 1. The monoisotopic (exact) mass is 219 g/mol. The summed E-state index contributed by atoms with van der Waals surface area (Å²) in [7, 11) is 0. The van der Waals surface area contributed by atoms with Crippen LogP contribution in [0.5, 0.6) is 0 Å². The van der Waals surface area contributed by atoms with E-state index in [0.717, 1.165) is 12.1 Å². The SMILES string of the molecule is CCOCCNc1cc(F)c(F)c(F)c1. The molecular weight excluding hydrogens is 207 g/mol. The van der Waals surface area contributed by atoms with Gasteiger partial charge in [-0.3, -0.25) is 0 Å². The van der Waals surface area contributed by atoms with Crippen molar-refractivity contribution in [3.8, 4) is 0 Å². The Bertz CT molecular complexity index is 307. The molecule has 0 fully saturated rings. The zero-order chi connectivity index (χ0) is 11.3. The molecule has 0 spiro atoms. The Morgan fingerprint density at radius 1 is 1.20 bits per heavy atom. The van der Waals surface area contributed by atoms with Crippen LogP contribution < -0.4 is 5.32 Å². The molecule has 15 heavy (non-hydrogen) atoms. The van der Waals surface area contributed by atoms with Gasteiger partial charge in [0.2, 0.25) is 0 Å². The quantitative estimate of drug-likeness (QED) is 0.607. The zero-order valence-corrected chi connectivity index (χ0v) is 8.32. The van der Waals surface area contributed by atoms with Crippen molar-refractivity contribution in [2.75, 3.05) is 25.1 Å². The third-order valence-corrected chi connectivity index (χ3v) is 1.76. The van der Waals surface area contributed by atoms with E-state index in [1.165, 1.54) is 0 Å². The van der Waals surface area contributed by atoms with Crippen molar-refractivity contribution in [3.63, 3.8) is 0 Å². The lowest BCUT2D eigenvalue weighted by atomic mass is 10.3. The van der Waals surface area contributed by atoms with Gasteiger partial charge in [-0.2, -0.15) is 0 Å². The minimum absolute atomic E-state index is 0.200. The number of ether oxygens (including phenoxy) is 1. The molecule has 0 atom stereocenters. The summed E-state index contributed by atoms with van der Waals surface area (Å²) < 4.78 is 43.0. The van der Waals surface area contributed by atoms with E-state index in [-0.39, 0.29) is 5.69 Å². The second kappa shape index (κ2) is 5.60. The van der Waals surface area contributed by atoms with Crippen LogP contribution in [0.1, 0.15) is 6.92 Å². The summed E-state index contributed by atoms with van der Waals surface area (Å²) in [4.78, 5) is 0. The molecule has 0 aliphatic carbocycles. The summed E-state index contributed by atoms with van der Waals surface area (Å²) in [5.41, 5.74) is 0.200. The van der Waals surface area contributed by atoms with Crippen LogP contribution in [-0.2, 0) is 4.74 Å². The highest BCUT2D eigenvalue weighted by Gasteiger charge is 2.09. The van der Waals surface area contributed by atoms with Crippen LogP contribution in [0, 0.1) is 17.5 Å². The molecule has 0 radical (unpaired) electrons. The first kappa shape index (κ1) is 11.8. The lowest BCUT2D eigenvalue weighted by molar-refractivity contribution is 0.158. The van der Waals surface area contributed by atoms with E-state index in [0.29, 0.717) is 19.8 Å². The van der Waals surface area contributed by atoms with Crippen molar-refractivity contribution in [2.24, 2.45) is 0 Å². The maximum Gasteiger partial charge on any atom is 0.194 e. The average molecular weight is 219 g/mol. The number of benzene rings is 1. The van der Waals surface area contributed by atoms with Gasteiger partial charge in [-0.15, -0.1) is 0 Å². The number of anilines is 1. The Labute approximate surface area is 86.1 Å². The topological polar surface area (TPSA) is 21.3 Å². The molecule has 0 saturated heterocycles. The Balaban J connectivity index is 2.55. The molecule has 0 amide bonds. The van der Waals surface area contributed by atoms with Gasteiger partial charge in [-0.25, -0.2) is 13.2 Å². The van der Waals surface area contributed by atoms with Crippen molar-refractivity contribution in [3.05, 3.63) is 29.6 Å². The number of halogens is 3. The van der Waals surface area contributed by atoms with Crippen LogP contribution in [-0.4, -0.2) is 19.8 Å². The molecule has 1 N–H and O–H groups in total. The molecule has 5 heteroatoms. The van der Waals surface area contributed by atoms with Gasteiger partial charge in [0.25, 0.3) is 0 Å². The zero-order valence-electron chi connectivity index (χ0n) is 8.32. The van der Waals surface area contributed by atoms with Crippen molar-refractivity contribution in [2.45, 2.75) is 6.92 Å². The maximum atomic E-state index is 12.7. The molecule has 84 valence electrons. The highest BCUT2D eigenvalue weighted by molar-refractivity contribution is 5.43. The van der Waals surface area contributed by atoms with Gasteiger partial charge in [0.15, 0.2) is 17.5 Å².